The molecule has 2 aromatic rings. The summed E-state index contributed by atoms with van der Waals surface area (Å²) in [6, 6.07) is 1.66. The van der Waals surface area contributed by atoms with Crippen molar-refractivity contribution < 1.29 is 13.6 Å². The normalized spacial score (nSPS) is 16.2. The Hall–Kier alpha value is -1.98. The van der Waals surface area contributed by atoms with Crippen LogP contribution in [0.4, 0.5) is 8.78 Å². The Morgan fingerprint density at radius 2 is 2.05 bits per heavy atom. The molecule has 1 aliphatic carbocycles. The van der Waals surface area contributed by atoms with E-state index in [1.54, 1.807) is 4.57 Å². The van der Waals surface area contributed by atoms with Crippen LogP contribution in [0.1, 0.15) is 32.7 Å². The summed E-state index contributed by atoms with van der Waals surface area (Å²) in [5.41, 5.74) is 0.777. The van der Waals surface area contributed by atoms with Gasteiger partial charge in [-0.3, -0.25) is 4.79 Å². The molecule has 118 valence electrons. The van der Waals surface area contributed by atoms with Gasteiger partial charge in [0.25, 0.3) is 0 Å². The van der Waals surface area contributed by atoms with Gasteiger partial charge in [0.05, 0.1) is 17.4 Å². The van der Waals surface area contributed by atoms with Crippen LogP contribution in [0.5, 0.6) is 0 Å². The number of nitrogens with zero attached hydrogens (tertiary/aromatic N) is 2. The van der Waals surface area contributed by atoms with Crippen molar-refractivity contribution >= 4 is 16.9 Å². The molecule has 0 unspecified atom stereocenters. The average molecular weight is 307 g/mol. The fourth-order valence-electron chi connectivity index (χ4n) is 2.67. The minimum absolute atomic E-state index is 0.00437. The molecule has 1 saturated carbocycles. The number of imidazole rings is 1. The van der Waals surface area contributed by atoms with Crippen molar-refractivity contribution in [2.45, 2.75) is 32.7 Å². The maximum absolute atomic E-state index is 13.5. The van der Waals surface area contributed by atoms with E-state index < -0.39 is 17.7 Å². The van der Waals surface area contributed by atoms with Gasteiger partial charge in [-0.1, -0.05) is 13.8 Å². The monoisotopic (exact) mass is 307 g/mol. The molecule has 1 aromatic heterocycles. The van der Waals surface area contributed by atoms with Gasteiger partial charge in [-0.15, -0.1) is 0 Å². The molecular formula is C16H19F2N3O. The van der Waals surface area contributed by atoms with E-state index >= 15 is 0 Å². The highest BCUT2D eigenvalue weighted by Crippen LogP contribution is 2.29. The Morgan fingerprint density at radius 1 is 1.36 bits per heavy atom. The highest BCUT2D eigenvalue weighted by molar-refractivity contribution is 5.84. The Kier molecular flexibility index (Phi) is 3.85. The van der Waals surface area contributed by atoms with Crippen LogP contribution in [0, 0.1) is 23.5 Å². The van der Waals surface area contributed by atoms with Gasteiger partial charge in [0.15, 0.2) is 11.6 Å². The molecule has 0 aliphatic heterocycles. The summed E-state index contributed by atoms with van der Waals surface area (Å²) < 4.78 is 28.4. The number of benzene rings is 1. The minimum Gasteiger partial charge on any atom is -0.354 e. The molecular weight excluding hydrogens is 288 g/mol. The first-order valence-electron chi connectivity index (χ1n) is 7.56. The van der Waals surface area contributed by atoms with Crippen LogP contribution in [0.15, 0.2) is 18.5 Å². The fourth-order valence-corrected chi connectivity index (χ4v) is 2.67. The molecule has 1 N–H and O–H groups in total. The van der Waals surface area contributed by atoms with Crippen molar-refractivity contribution in [3.05, 3.63) is 30.1 Å². The molecule has 1 fully saturated rings. The lowest BCUT2D eigenvalue weighted by molar-refractivity contribution is -0.125. The highest BCUT2D eigenvalue weighted by atomic mass is 19.2. The number of nitrogens with one attached hydrogen (secondary N) is 1. The summed E-state index contributed by atoms with van der Waals surface area (Å²) in [4.78, 5) is 16.6. The number of rotatable bonds is 5. The molecule has 1 atom stereocenters. The lowest BCUT2D eigenvalue weighted by Crippen LogP contribution is -2.36. The van der Waals surface area contributed by atoms with E-state index in [1.165, 1.54) is 6.33 Å². The molecule has 1 amide bonds. The Morgan fingerprint density at radius 3 is 2.68 bits per heavy atom. The van der Waals surface area contributed by atoms with Crippen LogP contribution >= 0.6 is 0 Å². The van der Waals surface area contributed by atoms with Gasteiger partial charge in [0.2, 0.25) is 5.91 Å². The summed E-state index contributed by atoms with van der Waals surface area (Å²) in [7, 11) is 0. The maximum atomic E-state index is 13.5. The summed E-state index contributed by atoms with van der Waals surface area (Å²) in [5, 5.41) is 2.95. The van der Waals surface area contributed by atoms with Gasteiger partial charge in [0, 0.05) is 18.7 Å². The number of hydrogen-bond acceptors (Lipinski definition) is 2. The third-order valence-corrected chi connectivity index (χ3v) is 4.08. The van der Waals surface area contributed by atoms with Crippen molar-refractivity contribution in [1.82, 2.24) is 14.9 Å². The lowest BCUT2D eigenvalue weighted by atomic mass is 10.0. The van der Waals surface area contributed by atoms with E-state index in [9.17, 15) is 13.6 Å². The highest BCUT2D eigenvalue weighted by Gasteiger charge is 2.28. The number of fused-ring (bicyclic) bond motifs is 1. The van der Waals surface area contributed by atoms with Crippen LogP contribution < -0.4 is 5.32 Å². The first-order valence-corrected chi connectivity index (χ1v) is 7.56. The van der Waals surface area contributed by atoms with Crippen molar-refractivity contribution in [3.63, 3.8) is 0 Å². The van der Waals surface area contributed by atoms with E-state index in [2.05, 4.69) is 10.3 Å². The van der Waals surface area contributed by atoms with E-state index in [0.717, 1.165) is 25.0 Å². The predicted octanol–water partition coefficient (Wildman–Crippen LogP) is 3.04. The molecule has 1 heterocycles. The predicted molar refractivity (Wildman–Crippen MR) is 79.3 cm³/mol. The van der Waals surface area contributed by atoms with Crippen LogP contribution in [0.3, 0.4) is 0 Å². The largest absolute Gasteiger partial charge is 0.354 e. The third-order valence-electron chi connectivity index (χ3n) is 4.08. The minimum atomic E-state index is -0.935. The Balaban J connectivity index is 1.93. The Labute approximate surface area is 127 Å². The second kappa shape index (κ2) is 5.66. The number of carbonyl (C=O) groups excluding carboxylic acids is 1. The Bertz CT molecular complexity index is 707. The molecule has 0 saturated heterocycles. The molecule has 6 heteroatoms. The number of hydrogen-bond donors (Lipinski definition) is 1. The number of halogens is 2. The zero-order valence-corrected chi connectivity index (χ0v) is 12.6. The van der Waals surface area contributed by atoms with E-state index in [0.29, 0.717) is 23.5 Å². The van der Waals surface area contributed by atoms with Crippen LogP contribution in [0.2, 0.25) is 0 Å². The second-order valence-corrected chi connectivity index (χ2v) is 6.28. The van der Waals surface area contributed by atoms with Gasteiger partial charge in [0.1, 0.15) is 6.04 Å². The standard InChI is InChI=1S/C16H19F2N3O/c1-9(2)15(16(22)19-7-10-3-4-10)21-8-20-13-5-11(17)12(18)6-14(13)21/h5-6,8-10,15H,3-4,7H2,1-2H3,(H,19,22)/t15-/m0/s1. The van der Waals surface area contributed by atoms with E-state index in [1.807, 2.05) is 13.8 Å². The quantitative estimate of drug-likeness (QED) is 0.923. The van der Waals surface area contributed by atoms with Gasteiger partial charge in [-0.05, 0) is 24.7 Å². The van der Waals surface area contributed by atoms with Gasteiger partial charge >= 0.3 is 0 Å². The van der Waals surface area contributed by atoms with E-state index in [-0.39, 0.29) is 11.8 Å². The summed E-state index contributed by atoms with van der Waals surface area (Å²) in [5.74, 6) is -1.38. The van der Waals surface area contributed by atoms with Gasteiger partial charge in [-0.2, -0.15) is 0 Å². The second-order valence-electron chi connectivity index (χ2n) is 6.28. The number of aromatic nitrogens is 2. The maximum Gasteiger partial charge on any atom is 0.243 e. The summed E-state index contributed by atoms with van der Waals surface area (Å²) in [6.45, 7) is 4.53. The first-order chi connectivity index (χ1) is 10.5. The average Bonchev–Trinajstić information content (AvgIpc) is 3.21. The molecule has 22 heavy (non-hydrogen) atoms. The molecule has 1 aliphatic rings. The van der Waals surface area contributed by atoms with Gasteiger partial charge < -0.3 is 9.88 Å². The zero-order chi connectivity index (χ0) is 15.9. The molecule has 0 bridgehead atoms. The number of carbonyl (C=O) groups is 1. The topological polar surface area (TPSA) is 46.9 Å². The first kappa shape index (κ1) is 14.9. The molecule has 3 rings (SSSR count). The zero-order valence-electron chi connectivity index (χ0n) is 12.6. The van der Waals surface area contributed by atoms with Crippen molar-refractivity contribution in [1.29, 1.82) is 0 Å². The molecule has 1 aromatic carbocycles. The van der Waals surface area contributed by atoms with Crippen molar-refractivity contribution in [2.24, 2.45) is 11.8 Å². The number of amides is 1. The third kappa shape index (κ3) is 2.82. The summed E-state index contributed by atoms with van der Waals surface area (Å²) >= 11 is 0. The van der Waals surface area contributed by atoms with Crippen molar-refractivity contribution in [2.75, 3.05) is 6.54 Å². The van der Waals surface area contributed by atoms with Crippen molar-refractivity contribution in [3.8, 4) is 0 Å². The molecule has 0 spiro atoms. The van der Waals surface area contributed by atoms with Crippen LogP contribution in [0.25, 0.3) is 11.0 Å². The fraction of sp³-hybridized carbons (Fsp3) is 0.500. The van der Waals surface area contributed by atoms with E-state index in [4.69, 9.17) is 0 Å². The lowest BCUT2D eigenvalue weighted by Gasteiger charge is -2.22. The van der Waals surface area contributed by atoms with Crippen LogP contribution in [-0.4, -0.2) is 22.0 Å². The smallest absolute Gasteiger partial charge is 0.243 e. The molecule has 0 radical (unpaired) electrons. The SMILES string of the molecule is CC(C)[C@@H](C(=O)NCC1CC1)n1cnc2cc(F)c(F)cc21. The van der Waals surface area contributed by atoms with Crippen LogP contribution in [-0.2, 0) is 4.79 Å². The molecule has 4 nitrogen and oxygen atoms in total. The summed E-state index contributed by atoms with van der Waals surface area (Å²) in [6.07, 6.45) is 3.79. The van der Waals surface area contributed by atoms with Gasteiger partial charge in [-0.25, -0.2) is 13.8 Å².